The van der Waals surface area contributed by atoms with E-state index in [0.717, 1.165) is 44.8 Å². The van der Waals surface area contributed by atoms with Crippen LogP contribution in [0.3, 0.4) is 0 Å². The summed E-state index contributed by atoms with van der Waals surface area (Å²) in [5.74, 6) is 1.50. The van der Waals surface area contributed by atoms with E-state index in [4.69, 9.17) is 0 Å². The van der Waals surface area contributed by atoms with Crippen LogP contribution in [0.2, 0.25) is 19.6 Å². The average Bonchev–Trinajstić information content (AvgIpc) is 2.45. The Morgan fingerprint density at radius 3 is 2.45 bits per heavy atom. The molecule has 7 heteroatoms. The highest BCUT2D eigenvalue weighted by atomic mass is 28.3. The highest BCUT2D eigenvalue weighted by Crippen LogP contribution is 2.12. The smallest absolute Gasteiger partial charge is 0.230 e. The van der Waals surface area contributed by atoms with Crippen LogP contribution in [0.4, 0.5) is 11.9 Å². The molecule has 0 amide bonds. The lowest BCUT2D eigenvalue weighted by Gasteiger charge is -2.33. The molecule has 0 atom stereocenters. The molecule has 1 saturated heterocycles. The lowest BCUT2D eigenvalue weighted by molar-refractivity contribution is 0.270. The van der Waals surface area contributed by atoms with Crippen LogP contribution in [0.1, 0.15) is 6.92 Å². The number of nitrogens with one attached hydrogen (secondary N) is 1. The minimum atomic E-state index is -1.14. The molecule has 2 rings (SSSR count). The Hall–Kier alpha value is -1.21. The van der Waals surface area contributed by atoms with Crippen molar-refractivity contribution < 1.29 is 0 Å². The topological polar surface area (TPSA) is 57.2 Å². The van der Waals surface area contributed by atoms with Crippen molar-refractivity contribution in [2.24, 2.45) is 0 Å². The van der Waals surface area contributed by atoms with Gasteiger partial charge in [-0.1, -0.05) is 26.6 Å². The summed E-state index contributed by atoms with van der Waals surface area (Å²) in [5.41, 5.74) is 0. The van der Waals surface area contributed by atoms with E-state index in [1.54, 1.807) is 6.33 Å². The third-order valence-electron chi connectivity index (χ3n) is 3.44. The maximum atomic E-state index is 4.55. The molecule has 0 bridgehead atoms. The van der Waals surface area contributed by atoms with Gasteiger partial charge in [-0.05, 0) is 6.54 Å². The lowest BCUT2D eigenvalue weighted by Crippen LogP contribution is -2.46. The van der Waals surface area contributed by atoms with E-state index in [9.17, 15) is 0 Å². The van der Waals surface area contributed by atoms with Crippen molar-refractivity contribution in [1.29, 1.82) is 0 Å². The second kappa shape index (κ2) is 6.49. The van der Waals surface area contributed by atoms with Gasteiger partial charge in [0, 0.05) is 32.3 Å². The molecule has 1 aliphatic heterocycles. The predicted octanol–water partition coefficient (Wildman–Crippen LogP) is 1.30. The van der Waals surface area contributed by atoms with Crippen molar-refractivity contribution in [2.75, 3.05) is 49.1 Å². The van der Waals surface area contributed by atoms with E-state index in [1.807, 2.05) is 0 Å². The second-order valence-corrected chi connectivity index (χ2v) is 11.9. The summed E-state index contributed by atoms with van der Waals surface area (Å²) in [5, 5.41) is 3.35. The highest BCUT2D eigenvalue weighted by molar-refractivity contribution is 6.76. The molecule has 20 heavy (non-hydrogen) atoms. The maximum absolute atomic E-state index is 4.55. The summed E-state index contributed by atoms with van der Waals surface area (Å²) in [7, 11) is -1.14. The summed E-state index contributed by atoms with van der Waals surface area (Å²) >= 11 is 0. The van der Waals surface area contributed by atoms with E-state index >= 15 is 0 Å². The van der Waals surface area contributed by atoms with Gasteiger partial charge in [0.05, 0.1) is 8.07 Å². The zero-order chi connectivity index (χ0) is 14.6. The van der Waals surface area contributed by atoms with Crippen molar-refractivity contribution in [3.05, 3.63) is 6.33 Å². The highest BCUT2D eigenvalue weighted by Gasteiger charge is 2.19. The van der Waals surface area contributed by atoms with Crippen molar-refractivity contribution in [3.63, 3.8) is 0 Å². The molecule has 1 aromatic heterocycles. The standard InChI is InChI=1S/C13H26N6Si/c1-5-18-6-8-19(9-7-18)13-15-10-14-12(17-13)16-11-20(2,3)4/h10H,5-9,11H2,1-4H3,(H,14,15,16,17). The van der Waals surface area contributed by atoms with Gasteiger partial charge in [-0.15, -0.1) is 0 Å². The molecule has 0 unspecified atom stereocenters. The number of likely N-dealkylation sites (N-methyl/N-ethyl adjacent to an activating group) is 1. The molecule has 1 N–H and O–H groups in total. The van der Waals surface area contributed by atoms with Gasteiger partial charge in [-0.25, -0.2) is 9.97 Å². The fourth-order valence-corrected chi connectivity index (χ4v) is 2.82. The molecule has 0 aliphatic carbocycles. The molecular weight excluding hydrogens is 268 g/mol. The molecule has 1 aliphatic rings. The molecular formula is C13H26N6Si. The van der Waals surface area contributed by atoms with Crippen molar-refractivity contribution in [2.45, 2.75) is 26.6 Å². The van der Waals surface area contributed by atoms with Gasteiger partial charge < -0.3 is 15.1 Å². The average molecular weight is 294 g/mol. The van der Waals surface area contributed by atoms with Crippen LogP contribution in [-0.2, 0) is 0 Å². The summed E-state index contributed by atoms with van der Waals surface area (Å²) < 4.78 is 0. The third-order valence-corrected chi connectivity index (χ3v) is 4.68. The number of anilines is 2. The van der Waals surface area contributed by atoms with Crippen LogP contribution in [0.5, 0.6) is 0 Å². The minimum Gasteiger partial charge on any atom is -0.357 e. The van der Waals surface area contributed by atoms with E-state index in [2.05, 4.69) is 56.6 Å². The second-order valence-electron chi connectivity index (χ2n) is 6.44. The van der Waals surface area contributed by atoms with Crippen molar-refractivity contribution >= 4 is 20.0 Å². The largest absolute Gasteiger partial charge is 0.357 e. The van der Waals surface area contributed by atoms with Gasteiger partial charge in [0.1, 0.15) is 6.33 Å². The van der Waals surface area contributed by atoms with Crippen LogP contribution in [0.15, 0.2) is 6.33 Å². The Kier molecular flexibility index (Phi) is 4.93. The van der Waals surface area contributed by atoms with E-state index in [-0.39, 0.29) is 0 Å². The normalized spacial score (nSPS) is 17.3. The van der Waals surface area contributed by atoms with Crippen LogP contribution in [-0.4, -0.2) is 66.8 Å². The molecule has 0 aromatic carbocycles. The lowest BCUT2D eigenvalue weighted by atomic mass is 10.3. The van der Waals surface area contributed by atoms with Gasteiger partial charge in [-0.2, -0.15) is 4.98 Å². The first-order chi connectivity index (χ1) is 9.48. The molecule has 6 nitrogen and oxygen atoms in total. The molecule has 0 radical (unpaired) electrons. The van der Waals surface area contributed by atoms with Crippen LogP contribution >= 0.6 is 0 Å². The van der Waals surface area contributed by atoms with Gasteiger partial charge in [0.15, 0.2) is 0 Å². The Labute approximate surface area is 122 Å². The summed E-state index contributed by atoms with van der Waals surface area (Å²) in [6.45, 7) is 14.5. The van der Waals surface area contributed by atoms with Gasteiger partial charge in [0.25, 0.3) is 0 Å². The first kappa shape index (κ1) is 15.2. The fourth-order valence-electron chi connectivity index (χ4n) is 2.13. The number of piperazine rings is 1. The molecule has 2 heterocycles. The summed E-state index contributed by atoms with van der Waals surface area (Å²) in [6.07, 6.45) is 2.60. The molecule has 1 fully saturated rings. The summed E-state index contributed by atoms with van der Waals surface area (Å²) in [6, 6.07) is 0. The predicted molar refractivity (Wildman–Crippen MR) is 86.0 cm³/mol. The Bertz CT molecular complexity index is 425. The van der Waals surface area contributed by atoms with Crippen molar-refractivity contribution in [1.82, 2.24) is 19.9 Å². The van der Waals surface area contributed by atoms with Crippen LogP contribution in [0.25, 0.3) is 0 Å². The Morgan fingerprint density at radius 2 is 1.85 bits per heavy atom. The fraction of sp³-hybridized carbons (Fsp3) is 0.769. The zero-order valence-electron chi connectivity index (χ0n) is 13.1. The van der Waals surface area contributed by atoms with Gasteiger partial charge >= 0.3 is 0 Å². The SMILES string of the molecule is CCN1CCN(c2ncnc(NC[Si](C)(C)C)n2)CC1. The van der Waals surface area contributed by atoms with E-state index in [1.165, 1.54) is 0 Å². The van der Waals surface area contributed by atoms with Gasteiger partial charge in [-0.3, -0.25) is 0 Å². The number of nitrogens with zero attached hydrogens (tertiary/aromatic N) is 5. The third kappa shape index (κ3) is 4.41. The molecule has 1 aromatic rings. The number of aromatic nitrogens is 3. The first-order valence-electron chi connectivity index (χ1n) is 7.38. The van der Waals surface area contributed by atoms with Crippen LogP contribution in [0, 0.1) is 0 Å². The van der Waals surface area contributed by atoms with Crippen molar-refractivity contribution in [3.8, 4) is 0 Å². The minimum absolute atomic E-state index is 0.704. The first-order valence-corrected chi connectivity index (χ1v) is 11.1. The number of rotatable bonds is 5. The number of hydrogen-bond acceptors (Lipinski definition) is 6. The molecule has 0 saturated carbocycles. The quantitative estimate of drug-likeness (QED) is 0.826. The molecule has 112 valence electrons. The van der Waals surface area contributed by atoms with Gasteiger partial charge in [0.2, 0.25) is 11.9 Å². The Balaban J connectivity index is 1.96. The number of hydrogen-bond donors (Lipinski definition) is 1. The maximum Gasteiger partial charge on any atom is 0.230 e. The van der Waals surface area contributed by atoms with E-state index < -0.39 is 8.07 Å². The Morgan fingerprint density at radius 1 is 1.15 bits per heavy atom. The molecule has 0 spiro atoms. The monoisotopic (exact) mass is 294 g/mol. The van der Waals surface area contributed by atoms with Crippen LogP contribution < -0.4 is 10.2 Å². The summed E-state index contributed by atoms with van der Waals surface area (Å²) in [4.78, 5) is 17.8. The van der Waals surface area contributed by atoms with E-state index in [0.29, 0.717) is 5.95 Å². The zero-order valence-corrected chi connectivity index (χ0v) is 14.1.